The molecule has 1 aromatic rings. The van der Waals surface area contributed by atoms with Gasteiger partial charge in [-0.2, -0.15) is 0 Å². The minimum Gasteiger partial charge on any atom is -0.447 e. The number of hydrogen-bond donors (Lipinski definition) is 1. The topological polar surface area (TPSA) is 64.1 Å². The van der Waals surface area contributed by atoms with Crippen LogP contribution in [0.5, 0.6) is 0 Å². The van der Waals surface area contributed by atoms with E-state index in [9.17, 15) is 4.79 Å². The molecular formula is C8H9N3O2. The van der Waals surface area contributed by atoms with Crippen LogP contribution < -0.4 is 5.32 Å². The lowest BCUT2D eigenvalue weighted by Crippen LogP contribution is -2.19. The first-order chi connectivity index (χ1) is 6.27. The van der Waals surface area contributed by atoms with Crippen LogP contribution in [0.4, 0.5) is 4.79 Å². The summed E-state index contributed by atoms with van der Waals surface area (Å²) in [6.07, 6.45) is 2.80. The van der Waals surface area contributed by atoms with Crippen LogP contribution in [0.15, 0.2) is 12.5 Å². The van der Waals surface area contributed by atoms with Crippen LogP contribution in [-0.2, 0) is 4.74 Å². The van der Waals surface area contributed by atoms with Crippen molar-refractivity contribution in [2.75, 3.05) is 6.61 Å². The molecule has 1 aromatic heterocycles. The summed E-state index contributed by atoms with van der Waals surface area (Å²) < 4.78 is 4.77. The quantitative estimate of drug-likeness (QED) is 0.684. The molecule has 1 N–H and O–H groups in total. The molecule has 1 aliphatic rings. The number of nitrogens with zero attached hydrogens (tertiary/aromatic N) is 2. The number of alkyl carbamates (subject to hydrolysis) is 1. The van der Waals surface area contributed by atoms with Gasteiger partial charge in [0.25, 0.3) is 0 Å². The molecule has 0 radical (unpaired) electrons. The predicted octanol–water partition coefficient (Wildman–Crippen LogP) is 0.566. The summed E-state index contributed by atoms with van der Waals surface area (Å²) in [6.45, 7) is 2.23. The Morgan fingerprint density at radius 1 is 1.69 bits per heavy atom. The van der Waals surface area contributed by atoms with E-state index in [1.165, 1.54) is 6.33 Å². The normalized spacial score (nSPS) is 21.0. The second kappa shape index (κ2) is 3.01. The summed E-state index contributed by atoms with van der Waals surface area (Å²) in [5.74, 6) is 0. The molecule has 1 fully saturated rings. The fraction of sp³-hybridized carbons (Fsp3) is 0.375. The van der Waals surface area contributed by atoms with E-state index in [4.69, 9.17) is 4.74 Å². The van der Waals surface area contributed by atoms with Crippen LogP contribution in [0.3, 0.4) is 0 Å². The van der Waals surface area contributed by atoms with E-state index in [-0.39, 0.29) is 12.1 Å². The monoisotopic (exact) mass is 179 g/mol. The first-order valence-electron chi connectivity index (χ1n) is 3.97. The van der Waals surface area contributed by atoms with Crippen LogP contribution >= 0.6 is 0 Å². The molecule has 0 spiro atoms. The number of hydrogen-bond acceptors (Lipinski definition) is 4. The molecule has 68 valence electrons. The van der Waals surface area contributed by atoms with E-state index in [2.05, 4.69) is 15.3 Å². The van der Waals surface area contributed by atoms with Crippen molar-refractivity contribution in [3.8, 4) is 0 Å². The van der Waals surface area contributed by atoms with Gasteiger partial charge in [-0.1, -0.05) is 0 Å². The number of aryl methyl sites for hydroxylation is 1. The first kappa shape index (κ1) is 7.97. The fourth-order valence-electron chi connectivity index (χ4n) is 1.30. The van der Waals surface area contributed by atoms with E-state index >= 15 is 0 Å². The number of cyclic esters (lactones) is 1. The highest BCUT2D eigenvalue weighted by Crippen LogP contribution is 2.18. The van der Waals surface area contributed by atoms with E-state index in [1.807, 2.05) is 6.92 Å². The van der Waals surface area contributed by atoms with Gasteiger partial charge in [0.2, 0.25) is 0 Å². The molecular weight excluding hydrogens is 170 g/mol. The maximum absolute atomic E-state index is 10.8. The van der Waals surface area contributed by atoms with Gasteiger partial charge in [-0.15, -0.1) is 0 Å². The molecule has 5 nitrogen and oxygen atoms in total. The lowest BCUT2D eigenvalue weighted by Gasteiger charge is -2.08. The molecule has 0 aliphatic carbocycles. The zero-order valence-corrected chi connectivity index (χ0v) is 7.15. The van der Waals surface area contributed by atoms with Crippen LogP contribution in [0.2, 0.25) is 0 Å². The second-order valence-corrected chi connectivity index (χ2v) is 2.86. The lowest BCUT2D eigenvalue weighted by molar-refractivity contribution is 0.177. The summed E-state index contributed by atoms with van der Waals surface area (Å²) in [5.41, 5.74) is 1.78. The molecule has 13 heavy (non-hydrogen) atoms. The van der Waals surface area contributed by atoms with Gasteiger partial charge in [-0.05, 0) is 6.92 Å². The Balaban J connectivity index is 2.26. The van der Waals surface area contributed by atoms with Crippen molar-refractivity contribution in [3.05, 3.63) is 23.8 Å². The fourth-order valence-corrected chi connectivity index (χ4v) is 1.30. The van der Waals surface area contributed by atoms with E-state index in [1.54, 1.807) is 6.20 Å². The molecule has 1 atom stereocenters. The van der Waals surface area contributed by atoms with E-state index in [0.29, 0.717) is 6.61 Å². The highest BCUT2D eigenvalue weighted by molar-refractivity contribution is 5.70. The molecule has 1 amide bonds. The van der Waals surface area contributed by atoms with Gasteiger partial charge in [0.1, 0.15) is 12.9 Å². The number of ether oxygens (including phenoxy) is 1. The Morgan fingerprint density at radius 3 is 3.15 bits per heavy atom. The third kappa shape index (κ3) is 1.44. The van der Waals surface area contributed by atoms with Gasteiger partial charge in [0.05, 0.1) is 6.04 Å². The largest absolute Gasteiger partial charge is 0.447 e. The summed E-state index contributed by atoms with van der Waals surface area (Å²) in [6, 6.07) is -0.103. The van der Waals surface area contributed by atoms with Gasteiger partial charge >= 0.3 is 6.09 Å². The van der Waals surface area contributed by atoms with Crippen molar-refractivity contribution < 1.29 is 9.53 Å². The average Bonchev–Trinajstić information content (AvgIpc) is 2.53. The van der Waals surface area contributed by atoms with E-state index in [0.717, 1.165) is 11.3 Å². The molecule has 5 heteroatoms. The van der Waals surface area contributed by atoms with Crippen LogP contribution in [0, 0.1) is 6.92 Å². The number of nitrogens with one attached hydrogen (secondary N) is 1. The maximum Gasteiger partial charge on any atom is 0.407 e. The van der Waals surface area contributed by atoms with Gasteiger partial charge in [-0.3, -0.25) is 0 Å². The number of amides is 1. The standard InChI is InChI=1S/C8H9N3O2/c1-5-6(2-9-4-10-5)7-3-13-8(12)11-7/h2,4,7H,3H2,1H3,(H,11,12). The van der Waals surface area contributed by atoms with Crippen molar-refractivity contribution >= 4 is 6.09 Å². The third-order valence-corrected chi connectivity index (χ3v) is 2.00. The first-order valence-corrected chi connectivity index (χ1v) is 3.97. The number of aromatic nitrogens is 2. The molecule has 0 aromatic carbocycles. The molecule has 0 saturated carbocycles. The third-order valence-electron chi connectivity index (χ3n) is 2.00. The Kier molecular flexibility index (Phi) is 1.84. The maximum atomic E-state index is 10.8. The van der Waals surface area contributed by atoms with Crippen LogP contribution in [0.1, 0.15) is 17.3 Å². The van der Waals surface area contributed by atoms with Crippen molar-refractivity contribution in [2.24, 2.45) is 0 Å². The molecule has 1 unspecified atom stereocenters. The zero-order valence-electron chi connectivity index (χ0n) is 7.15. The minimum atomic E-state index is -0.381. The van der Waals surface area contributed by atoms with Gasteiger partial charge < -0.3 is 10.1 Å². The Hall–Kier alpha value is -1.65. The van der Waals surface area contributed by atoms with Gasteiger partial charge in [-0.25, -0.2) is 14.8 Å². The highest BCUT2D eigenvalue weighted by atomic mass is 16.6. The van der Waals surface area contributed by atoms with Crippen molar-refractivity contribution in [2.45, 2.75) is 13.0 Å². The number of carbonyl (C=O) groups is 1. The Labute approximate surface area is 75.1 Å². The molecule has 0 bridgehead atoms. The van der Waals surface area contributed by atoms with Crippen LogP contribution in [0.25, 0.3) is 0 Å². The average molecular weight is 179 g/mol. The summed E-state index contributed by atoms with van der Waals surface area (Å²) in [7, 11) is 0. The molecule has 1 aliphatic heterocycles. The van der Waals surface area contributed by atoms with Crippen molar-refractivity contribution in [1.29, 1.82) is 0 Å². The van der Waals surface area contributed by atoms with Crippen LogP contribution in [-0.4, -0.2) is 22.7 Å². The molecule has 2 heterocycles. The van der Waals surface area contributed by atoms with Crippen molar-refractivity contribution in [3.63, 3.8) is 0 Å². The summed E-state index contributed by atoms with van der Waals surface area (Å²) in [4.78, 5) is 18.7. The Morgan fingerprint density at radius 2 is 2.54 bits per heavy atom. The SMILES string of the molecule is Cc1ncncc1C1COC(=O)N1. The smallest absolute Gasteiger partial charge is 0.407 e. The minimum absolute atomic E-state index is 0.103. The molecule has 2 rings (SSSR count). The van der Waals surface area contributed by atoms with Gasteiger partial charge in [0, 0.05) is 17.5 Å². The summed E-state index contributed by atoms with van der Waals surface area (Å²) in [5, 5.41) is 2.67. The zero-order chi connectivity index (χ0) is 9.26. The number of rotatable bonds is 1. The van der Waals surface area contributed by atoms with Crippen molar-refractivity contribution in [1.82, 2.24) is 15.3 Å². The highest BCUT2D eigenvalue weighted by Gasteiger charge is 2.25. The summed E-state index contributed by atoms with van der Waals surface area (Å²) >= 11 is 0. The molecule has 1 saturated heterocycles. The second-order valence-electron chi connectivity index (χ2n) is 2.86. The number of carbonyl (C=O) groups excluding carboxylic acids is 1. The van der Waals surface area contributed by atoms with E-state index < -0.39 is 0 Å². The van der Waals surface area contributed by atoms with Gasteiger partial charge in [0.15, 0.2) is 0 Å². The Bertz CT molecular complexity index is 340. The predicted molar refractivity (Wildman–Crippen MR) is 44.0 cm³/mol. The lowest BCUT2D eigenvalue weighted by atomic mass is 10.1.